The average molecular weight is 506 g/mol. The van der Waals surface area contributed by atoms with Gasteiger partial charge in [-0.25, -0.2) is 4.79 Å². The van der Waals surface area contributed by atoms with Gasteiger partial charge in [0, 0.05) is 18.7 Å². The fourth-order valence-electron chi connectivity index (χ4n) is 3.27. The van der Waals surface area contributed by atoms with Crippen molar-refractivity contribution in [1.29, 1.82) is 5.26 Å². The Kier molecular flexibility index (Phi) is 6.17. The molecule has 152 valence electrons. The number of hydrogen-bond acceptors (Lipinski definition) is 4. The number of benzene rings is 1. The van der Waals surface area contributed by atoms with Crippen LogP contribution < -0.4 is 10.6 Å². The molecule has 1 aromatic carbocycles. The number of aromatic nitrogens is 1. The second kappa shape index (κ2) is 8.45. The third-order valence-electron chi connectivity index (χ3n) is 4.52. The Morgan fingerprint density at radius 2 is 2.17 bits per heavy atom. The molecule has 8 heteroatoms. The SMILES string of the molecule is CC(C)(C)OC(=O)NCCC1CNC(=O)c2cc(-c3cccc(C#N)c3)c(I)n21. The van der Waals surface area contributed by atoms with Gasteiger partial charge < -0.3 is 19.9 Å². The normalized spacial score (nSPS) is 15.8. The molecule has 2 amide bonds. The maximum absolute atomic E-state index is 12.4. The van der Waals surface area contributed by atoms with E-state index in [0.29, 0.717) is 30.8 Å². The summed E-state index contributed by atoms with van der Waals surface area (Å²) in [6.45, 7) is 6.38. The van der Waals surface area contributed by atoms with Gasteiger partial charge in [0.15, 0.2) is 0 Å². The summed E-state index contributed by atoms with van der Waals surface area (Å²) in [4.78, 5) is 24.3. The highest BCUT2D eigenvalue weighted by atomic mass is 127. The van der Waals surface area contributed by atoms with Gasteiger partial charge in [-0.2, -0.15) is 5.26 Å². The molecule has 1 aliphatic heterocycles. The summed E-state index contributed by atoms with van der Waals surface area (Å²) in [6.07, 6.45) is 0.197. The molecule has 1 aliphatic rings. The van der Waals surface area contributed by atoms with Crippen molar-refractivity contribution >= 4 is 34.6 Å². The van der Waals surface area contributed by atoms with Crippen molar-refractivity contribution in [1.82, 2.24) is 15.2 Å². The Hall–Kier alpha value is -2.54. The van der Waals surface area contributed by atoms with Crippen LogP contribution in [0.2, 0.25) is 0 Å². The van der Waals surface area contributed by atoms with Crippen LogP contribution in [-0.4, -0.2) is 35.3 Å². The lowest BCUT2D eigenvalue weighted by molar-refractivity contribution is 0.0523. The molecular formula is C21H23IN4O3. The van der Waals surface area contributed by atoms with Crippen LogP contribution in [0.5, 0.6) is 0 Å². The fourth-order valence-corrected chi connectivity index (χ4v) is 4.39. The summed E-state index contributed by atoms with van der Waals surface area (Å²) in [5, 5.41) is 14.9. The highest BCUT2D eigenvalue weighted by Crippen LogP contribution is 2.34. The number of amides is 2. The molecule has 0 fully saturated rings. The second-order valence-electron chi connectivity index (χ2n) is 7.88. The van der Waals surface area contributed by atoms with E-state index in [1.165, 1.54) is 0 Å². The van der Waals surface area contributed by atoms with Gasteiger partial charge >= 0.3 is 6.09 Å². The number of fused-ring (bicyclic) bond motifs is 1. The predicted molar refractivity (Wildman–Crippen MR) is 118 cm³/mol. The summed E-state index contributed by atoms with van der Waals surface area (Å²) in [5.74, 6) is -0.123. The number of alkyl carbamates (subject to hydrolysis) is 1. The van der Waals surface area contributed by atoms with Crippen LogP contribution in [0.15, 0.2) is 30.3 Å². The smallest absolute Gasteiger partial charge is 0.407 e. The van der Waals surface area contributed by atoms with Gasteiger partial charge in [0.1, 0.15) is 11.3 Å². The number of carbonyl (C=O) groups is 2. The molecule has 0 saturated heterocycles. The topological polar surface area (TPSA) is 96.2 Å². The van der Waals surface area contributed by atoms with Gasteiger partial charge in [-0.3, -0.25) is 4.79 Å². The lowest BCUT2D eigenvalue weighted by Gasteiger charge is -2.28. The molecular weight excluding hydrogens is 483 g/mol. The second-order valence-corrected chi connectivity index (χ2v) is 8.90. The van der Waals surface area contributed by atoms with Crippen molar-refractivity contribution < 1.29 is 14.3 Å². The van der Waals surface area contributed by atoms with Crippen LogP contribution in [0.3, 0.4) is 0 Å². The van der Waals surface area contributed by atoms with Crippen molar-refractivity contribution in [3.05, 3.63) is 45.3 Å². The summed E-state index contributed by atoms with van der Waals surface area (Å²) >= 11 is 2.24. The van der Waals surface area contributed by atoms with E-state index >= 15 is 0 Å². The van der Waals surface area contributed by atoms with Gasteiger partial charge in [0.2, 0.25) is 0 Å². The van der Waals surface area contributed by atoms with Crippen LogP contribution in [0.1, 0.15) is 49.3 Å². The largest absolute Gasteiger partial charge is 0.444 e. The first-order valence-corrected chi connectivity index (χ1v) is 10.4. The zero-order valence-electron chi connectivity index (χ0n) is 16.6. The molecule has 0 spiro atoms. The Morgan fingerprint density at radius 1 is 1.41 bits per heavy atom. The van der Waals surface area contributed by atoms with Crippen molar-refractivity contribution in [3.63, 3.8) is 0 Å². The van der Waals surface area contributed by atoms with E-state index in [0.717, 1.165) is 14.8 Å². The summed E-state index contributed by atoms with van der Waals surface area (Å²) < 4.78 is 8.22. The van der Waals surface area contributed by atoms with Crippen molar-refractivity contribution in [3.8, 4) is 17.2 Å². The van der Waals surface area contributed by atoms with Gasteiger partial charge in [0.05, 0.1) is 21.4 Å². The predicted octanol–water partition coefficient (Wildman–Crippen LogP) is 3.83. The Bertz CT molecular complexity index is 985. The highest BCUT2D eigenvalue weighted by molar-refractivity contribution is 14.1. The molecule has 1 aromatic heterocycles. The molecule has 2 aromatic rings. The first kappa shape index (κ1) is 21.2. The Morgan fingerprint density at radius 3 is 2.86 bits per heavy atom. The van der Waals surface area contributed by atoms with E-state index in [9.17, 15) is 14.9 Å². The van der Waals surface area contributed by atoms with Gasteiger partial charge in [-0.15, -0.1) is 0 Å². The van der Waals surface area contributed by atoms with Gasteiger partial charge in [0.25, 0.3) is 5.91 Å². The van der Waals surface area contributed by atoms with Crippen LogP contribution in [-0.2, 0) is 4.74 Å². The van der Waals surface area contributed by atoms with E-state index < -0.39 is 11.7 Å². The van der Waals surface area contributed by atoms with Gasteiger partial charge in [-0.1, -0.05) is 12.1 Å². The van der Waals surface area contributed by atoms with E-state index in [1.807, 2.05) is 49.6 Å². The number of nitriles is 1. The first-order valence-electron chi connectivity index (χ1n) is 9.36. The minimum atomic E-state index is -0.543. The quantitative estimate of drug-likeness (QED) is 0.617. The molecule has 2 heterocycles. The summed E-state index contributed by atoms with van der Waals surface area (Å²) in [7, 11) is 0. The van der Waals surface area contributed by atoms with Crippen LogP contribution in [0.25, 0.3) is 11.1 Å². The molecule has 2 N–H and O–H groups in total. The fraction of sp³-hybridized carbons (Fsp3) is 0.381. The highest BCUT2D eigenvalue weighted by Gasteiger charge is 2.29. The zero-order chi connectivity index (χ0) is 21.2. The number of nitrogens with zero attached hydrogens (tertiary/aromatic N) is 2. The van der Waals surface area contributed by atoms with E-state index in [4.69, 9.17) is 4.74 Å². The number of rotatable bonds is 4. The Balaban J connectivity index is 1.80. The van der Waals surface area contributed by atoms with Crippen molar-refractivity contribution in [2.24, 2.45) is 0 Å². The number of nitrogens with one attached hydrogen (secondary N) is 2. The number of hydrogen-bond donors (Lipinski definition) is 2. The van der Waals surface area contributed by atoms with Gasteiger partial charge in [-0.05, 0) is 73.5 Å². The third kappa shape index (κ3) is 4.90. The molecule has 1 unspecified atom stereocenters. The standard InChI is InChI=1S/C21H23IN4O3/c1-21(2,3)29-20(28)24-8-7-15-12-25-19(27)17-10-16(18(22)26(15)17)14-6-4-5-13(9-14)11-23/h4-6,9-10,15H,7-8,12H2,1-3H3,(H,24,28)(H,25,27). The van der Waals surface area contributed by atoms with Crippen LogP contribution in [0, 0.1) is 15.0 Å². The lowest BCUT2D eigenvalue weighted by atomic mass is 10.1. The molecule has 0 aliphatic carbocycles. The average Bonchev–Trinajstić information content (AvgIpc) is 3.01. The third-order valence-corrected chi connectivity index (χ3v) is 5.62. The maximum Gasteiger partial charge on any atom is 0.407 e. The molecule has 1 atom stereocenters. The monoisotopic (exact) mass is 506 g/mol. The van der Waals surface area contributed by atoms with Crippen LogP contribution >= 0.6 is 22.6 Å². The minimum absolute atomic E-state index is 0.0115. The van der Waals surface area contributed by atoms with E-state index in [-0.39, 0.29) is 11.9 Å². The van der Waals surface area contributed by atoms with E-state index in [2.05, 4.69) is 39.3 Å². The number of ether oxygens (including phenoxy) is 1. The zero-order valence-corrected chi connectivity index (χ0v) is 18.7. The maximum atomic E-state index is 12.4. The Labute approximate surface area is 183 Å². The number of carbonyl (C=O) groups excluding carboxylic acids is 2. The molecule has 0 radical (unpaired) electrons. The molecule has 0 saturated carbocycles. The lowest BCUT2D eigenvalue weighted by Crippen LogP contribution is -2.41. The molecule has 7 nitrogen and oxygen atoms in total. The summed E-state index contributed by atoms with van der Waals surface area (Å²) in [6, 6.07) is 11.4. The van der Waals surface area contributed by atoms with E-state index in [1.54, 1.807) is 6.07 Å². The molecule has 29 heavy (non-hydrogen) atoms. The first-order chi connectivity index (χ1) is 13.7. The van der Waals surface area contributed by atoms with Crippen molar-refractivity contribution in [2.45, 2.75) is 38.8 Å². The minimum Gasteiger partial charge on any atom is -0.444 e. The molecule has 0 bridgehead atoms. The summed E-state index contributed by atoms with van der Waals surface area (Å²) in [5.41, 5.74) is 2.43. The number of halogens is 1. The van der Waals surface area contributed by atoms with Crippen molar-refractivity contribution in [2.75, 3.05) is 13.1 Å². The molecule has 3 rings (SSSR count). The van der Waals surface area contributed by atoms with Crippen LogP contribution in [0.4, 0.5) is 4.79 Å².